The summed E-state index contributed by atoms with van der Waals surface area (Å²) in [4.78, 5) is 35.7. The van der Waals surface area contributed by atoms with Crippen LogP contribution < -0.4 is 20.8 Å². The Balaban J connectivity index is -0.0000000213. The van der Waals surface area contributed by atoms with E-state index in [0.717, 1.165) is 0 Å². The van der Waals surface area contributed by atoms with Gasteiger partial charge in [-0.2, -0.15) is 0 Å². The molecule has 0 aliphatic rings. The van der Waals surface area contributed by atoms with Crippen LogP contribution in [0.2, 0.25) is 0 Å². The summed E-state index contributed by atoms with van der Waals surface area (Å²) < 4.78 is 21.4. The van der Waals surface area contributed by atoms with Crippen LogP contribution >= 0.6 is 15.6 Å². The Bertz CT molecular complexity index is 159. The van der Waals surface area contributed by atoms with Gasteiger partial charge < -0.3 is 52.2 Å². The Kier molecular flexibility index (Phi) is 44.1. The van der Waals surface area contributed by atoms with Crippen molar-refractivity contribution in [2.24, 2.45) is 0 Å². The van der Waals surface area contributed by atoms with Crippen LogP contribution in [0.25, 0.3) is 0 Å². The van der Waals surface area contributed by atoms with Gasteiger partial charge in [0, 0.05) is 0 Å². The van der Waals surface area contributed by atoms with Gasteiger partial charge in [-0.15, -0.1) is 0 Å². The molecule has 0 bridgehead atoms. The first kappa shape index (κ1) is 44.7. The minimum Gasteiger partial charge on any atom is -0.790 e. The van der Waals surface area contributed by atoms with Gasteiger partial charge in [0.1, 0.15) is 0 Å². The van der Waals surface area contributed by atoms with Gasteiger partial charge in [-0.05, 0) is 0 Å². The van der Waals surface area contributed by atoms with Crippen LogP contribution in [0, 0.1) is 0 Å². The molecule has 0 saturated heterocycles. The van der Waals surface area contributed by atoms with E-state index in [9.17, 15) is 23.8 Å². The second-order valence-electron chi connectivity index (χ2n) is 0.997. The summed E-state index contributed by atoms with van der Waals surface area (Å²) in [7, 11) is -11.0. The van der Waals surface area contributed by atoms with E-state index in [0.29, 0.717) is 0 Å². The second kappa shape index (κ2) is 14.8. The first-order valence-corrected chi connectivity index (χ1v) is 4.43. The van der Waals surface area contributed by atoms with E-state index in [1.165, 1.54) is 0 Å². The first-order chi connectivity index (χ1) is 3.71. The molecule has 15 heteroatoms. The van der Waals surface area contributed by atoms with Gasteiger partial charge in [-0.25, -0.2) is 0 Å². The molecule has 1 atom stereocenters. The van der Waals surface area contributed by atoms with Crippen LogP contribution in [0.1, 0.15) is 0 Å². The number of quaternary nitrogens is 1. The van der Waals surface area contributed by atoms with Crippen molar-refractivity contribution in [2.45, 2.75) is 0 Å². The van der Waals surface area contributed by atoms with Gasteiger partial charge in [0.05, 0.1) is 7.82 Å². The molecular weight excluding hydrogens is 276 g/mol. The molecule has 0 aromatic rings. The topological polar surface area (TPSA) is 295 Å². The molecule has 13 N–H and O–H groups in total. The molecule has 0 rings (SSSR count). The number of hydrogen-bond donors (Lipinski definition) is 2. The SMILES string of the molecule is O.O.O.O.O=P([O-])([O-])OP(=O)([O-])O.[Mg+2].[NH4+]. The molecule has 0 spiro atoms. The zero-order chi connectivity index (χ0) is 7.71. The minimum atomic E-state index is -5.61. The molecule has 1 unspecified atom stereocenters. The smallest absolute Gasteiger partial charge is 0.790 e. The maximum Gasteiger partial charge on any atom is 2.00 e. The number of phosphoric acid groups is 2. The first-order valence-electron chi connectivity index (χ1n) is 1.48. The van der Waals surface area contributed by atoms with E-state index in [1.54, 1.807) is 0 Å². The maximum absolute atomic E-state index is 9.44. The fourth-order valence-electron chi connectivity index (χ4n) is 0.126. The Morgan fingerprint density at radius 1 is 0.933 bits per heavy atom. The summed E-state index contributed by atoms with van der Waals surface area (Å²) in [6.07, 6.45) is 0. The van der Waals surface area contributed by atoms with E-state index in [-0.39, 0.29) is 51.1 Å². The third-order valence-electron chi connectivity index (χ3n) is 0.203. The summed E-state index contributed by atoms with van der Waals surface area (Å²) in [6.45, 7) is 0. The van der Waals surface area contributed by atoms with Gasteiger partial charge in [0.2, 0.25) is 0 Å². The number of rotatable bonds is 2. The minimum absolute atomic E-state index is 0. The van der Waals surface area contributed by atoms with Crippen molar-refractivity contribution in [1.29, 1.82) is 0 Å². The molecule has 0 saturated carbocycles. The Morgan fingerprint density at radius 3 is 1.13 bits per heavy atom. The summed E-state index contributed by atoms with van der Waals surface area (Å²) in [5, 5.41) is 0. The van der Waals surface area contributed by atoms with Crippen molar-refractivity contribution in [2.75, 3.05) is 0 Å². The molecule has 12 nitrogen and oxygen atoms in total. The van der Waals surface area contributed by atoms with E-state index in [2.05, 4.69) is 4.31 Å². The summed E-state index contributed by atoms with van der Waals surface area (Å²) in [6, 6.07) is 0. The average Bonchev–Trinajstić information content (AvgIpc) is 1.14. The van der Waals surface area contributed by atoms with Crippen LogP contribution in [0.15, 0.2) is 0 Å². The molecule has 0 aromatic carbocycles. The molecule has 0 aromatic heterocycles. The van der Waals surface area contributed by atoms with Crippen molar-refractivity contribution in [3.8, 4) is 0 Å². The monoisotopic (exact) mass is 289 g/mol. The molecule has 96 valence electrons. The van der Waals surface area contributed by atoms with E-state index < -0.39 is 15.6 Å². The van der Waals surface area contributed by atoms with Crippen molar-refractivity contribution in [3.05, 3.63) is 0 Å². The number of hydrogen-bond acceptors (Lipinski definition) is 6. The van der Waals surface area contributed by atoms with E-state index in [1.807, 2.05) is 0 Å². The van der Waals surface area contributed by atoms with Crippen LogP contribution in [-0.2, 0) is 13.4 Å². The maximum atomic E-state index is 9.44. The molecule has 15 heavy (non-hydrogen) atoms. The zero-order valence-electron chi connectivity index (χ0n) is 7.50. The summed E-state index contributed by atoms with van der Waals surface area (Å²) >= 11 is 0. The third kappa shape index (κ3) is 52.3. The molecule has 0 heterocycles. The van der Waals surface area contributed by atoms with E-state index >= 15 is 0 Å². The average molecular weight is 289 g/mol. The molecule has 0 fully saturated rings. The Labute approximate surface area is 100 Å². The van der Waals surface area contributed by atoms with Crippen molar-refractivity contribution < 1.29 is 54.9 Å². The molecule has 0 aliphatic carbocycles. The normalized spacial score (nSPS) is 11.5. The second-order valence-corrected chi connectivity index (χ2v) is 3.48. The third-order valence-corrected chi connectivity index (χ3v) is 1.83. The fourth-order valence-corrected chi connectivity index (χ4v) is 1.14. The van der Waals surface area contributed by atoms with Gasteiger partial charge in [-0.3, -0.25) is 8.88 Å². The van der Waals surface area contributed by atoms with Crippen molar-refractivity contribution in [3.63, 3.8) is 0 Å². The standard InChI is InChI=1S/Mg.H3N.H4O7P2.4H2O/c;;1-8(2,3)7-9(4,5)6;;;;/h;1H3;(H2,1,2,3)(H2,4,5,6);4*1H2/q+2;;;;;;/p-2. The Hall–Kier alpha value is 0.826. The van der Waals surface area contributed by atoms with E-state index in [4.69, 9.17) is 4.89 Å². The quantitative estimate of drug-likeness (QED) is 0.365. The molecule has 0 aliphatic heterocycles. The Morgan fingerprint density at radius 2 is 1.13 bits per heavy atom. The molecule has 0 amide bonds. The largest absolute Gasteiger partial charge is 2.00 e. The summed E-state index contributed by atoms with van der Waals surface area (Å²) in [5.74, 6) is 0. The van der Waals surface area contributed by atoms with Crippen LogP contribution in [-0.4, -0.2) is 49.9 Å². The van der Waals surface area contributed by atoms with Gasteiger partial charge in [0.15, 0.2) is 0 Å². The fraction of sp³-hybridized carbons (Fsp3) is 0. The molecule has 0 radical (unpaired) electrons. The molecular formula is H13MgNO11P2. The predicted molar refractivity (Wildman–Crippen MR) is 44.7 cm³/mol. The predicted octanol–water partition coefficient (Wildman–Crippen LogP) is -6.01. The van der Waals surface area contributed by atoms with Crippen molar-refractivity contribution >= 4 is 38.7 Å². The summed E-state index contributed by atoms with van der Waals surface area (Å²) in [5.41, 5.74) is 0. The zero-order valence-corrected chi connectivity index (χ0v) is 10.7. The van der Waals surface area contributed by atoms with Crippen LogP contribution in [0.5, 0.6) is 0 Å². The van der Waals surface area contributed by atoms with Crippen molar-refractivity contribution in [1.82, 2.24) is 6.15 Å². The van der Waals surface area contributed by atoms with Gasteiger partial charge >= 0.3 is 23.1 Å². The van der Waals surface area contributed by atoms with Crippen LogP contribution in [0.4, 0.5) is 0 Å². The van der Waals surface area contributed by atoms with Gasteiger partial charge in [-0.1, -0.05) is 0 Å². The van der Waals surface area contributed by atoms with Crippen LogP contribution in [0.3, 0.4) is 0 Å². The van der Waals surface area contributed by atoms with Gasteiger partial charge in [0.25, 0.3) is 7.82 Å².